The summed E-state index contributed by atoms with van der Waals surface area (Å²) >= 11 is 0. The van der Waals surface area contributed by atoms with E-state index in [-0.39, 0.29) is 6.09 Å². The van der Waals surface area contributed by atoms with Crippen LogP contribution in [0.4, 0.5) is 4.79 Å². The molecule has 0 aliphatic carbocycles. The molecule has 2 unspecified atom stereocenters. The Bertz CT molecular complexity index is 320. The van der Waals surface area contributed by atoms with Gasteiger partial charge in [0.25, 0.3) is 0 Å². The van der Waals surface area contributed by atoms with E-state index in [1.165, 1.54) is 0 Å². The molecular formula is C14H29NO3Si. The molecule has 19 heavy (non-hydrogen) atoms. The van der Waals surface area contributed by atoms with Crippen molar-refractivity contribution < 1.29 is 14.3 Å². The highest BCUT2D eigenvalue weighted by atomic mass is 28.3. The van der Waals surface area contributed by atoms with Gasteiger partial charge in [-0.3, -0.25) is 0 Å². The zero-order valence-corrected chi connectivity index (χ0v) is 14.4. The third-order valence-corrected chi connectivity index (χ3v) is 5.34. The van der Waals surface area contributed by atoms with Crippen LogP contribution in [-0.2, 0) is 9.47 Å². The maximum atomic E-state index is 11.8. The average Bonchev–Trinajstić information content (AvgIpc) is 2.93. The van der Waals surface area contributed by atoms with Crippen LogP contribution in [0.15, 0.2) is 0 Å². The first-order valence-electron chi connectivity index (χ1n) is 7.10. The fourth-order valence-corrected chi connectivity index (χ4v) is 3.95. The van der Waals surface area contributed by atoms with Crippen LogP contribution in [0.2, 0.25) is 19.6 Å². The lowest BCUT2D eigenvalue weighted by Crippen LogP contribution is -2.35. The molecule has 0 saturated carbocycles. The second-order valence-electron chi connectivity index (χ2n) is 7.51. The van der Waals surface area contributed by atoms with Crippen LogP contribution in [0.5, 0.6) is 0 Å². The molecule has 0 N–H and O–H groups in total. The highest BCUT2D eigenvalue weighted by Gasteiger charge is 2.47. The molecule has 1 amide bonds. The van der Waals surface area contributed by atoms with Crippen molar-refractivity contribution in [2.24, 2.45) is 0 Å². The second kappa shape index (κ2) is 5.83. The first kappa shape index (κ1) is 16.5. The number of hydrogen-bond acceptors (Lipinski definition) is 3. The second-order valence-corrected chi connectivity index (χ2v) is 12.8. The monoisotopic (exact) mass is 287 g/mol. The Balaban J connectivity index is 2.19. The predicted octanol–water partition coefficient (Wildman–Crippen LogP) is 3.28. The summed E-state index contributed by atoms with van der Waals surface area (Å²) in [5, 5.41) is 0. The largest absolute Gasteiger partial charge is 0.444 e. The summed E-state index contributed by atoms with van der Waals surface area (Å²) in [6, 6.07) is 0. The van der Waals surface area contributed by atoms with Gasteiger partial charge in [-0.2, -0.15) is 0 Å². The molecule has 0 aromatic rings. The van der Waals surface area contributed by atoms with E-state index in [2.05, 4.69) is 19.6 Å². The molecule has 0 aromatic heterocycles. The van der Waals surface area contributed by atoms with E-state index in [0.717, 1.165) is 19.4 Å². The summed E-state index contributed by atoms with van der Waals surface area (Å²) in [5.74, 6) is 0. The van der Waals surface area contributed by atoms with Gasteiger partial charge in [-0.15, -0.1) is 0 Å². The standard InChI is InChI=1S/C14H29NO3Si/c1-14(2,3)18-13(16)15(4)10-8-9-11-12(17-11)19(5,6)7/h11-12H,8-10H2,1-7H3. The average molecular weight is 287 g/mol. The van der Waals surface area contributed by atoms with E-state index in [1.54, 1.807) is 11.9 Å². The van der Waals surface area contributed by atoms with Gasteiger partial charge in [0.1, 0.15) is 5.60 Å². The zero-order chi connectivity index (χ0) is 14.8. The minimum absolute atomic E-state index is 0.244. The summed E-state index contributed by atoms with van der Waals surface area (Å²) in [5.41, 5.74) is 0.0905. The van der Waals surface area contributed by atoms with Gasteiger partial charge in [0, 0.05) is 13.6 Å². The zero-order valence-electron chi connectivity index (χ0n) is 13.4. The van der Waals surface area contributed by atoms with Gasteiger partial charge in [0.2, 0.25) is 0 Å². The Hall–Kier alpha value is -0.553. The molecule has 1 aliphatic heterocycles. The number of ether oxygens (including phenoxy) is 2. The van der Waals surface area contributed by atoms with Crippen LogP contribution in [-0.4, -0.2) is 50.1 Å². The van der Waals surface area contributed by atoms with E-state index in [0.29, 0.717) is 11.8 Å². The molecule has 4 nitrogen and oxygen atoms in total. The maximum absolute atomic E-state index is 11.8. The smallest absolute Gasteiger partial charge is 0.410 e. The molecular weight excluding hydrogens is 258 g/mol. The van der Waals surface area contributed by atoms with Crippen molar-refractivity contribution >= 4 is 14.2 Å². The Morgan fingerprint density at radius 3 is 2.32 bits per heavy atom. The van der Waals surface area contributed by atoms with Gasteiger partial charge in [-0.05, 0) is 33.6 Å². The highest BCUT2D eigenvalue weighted by molar-refractivity contribution is 6.78. The van der Waals surface area contributed by atoms with Crippen molar-refractivity contribution in [2.45, 2.75) is 70.7 Å². The Morgan fingerprint density at radius 2 is 1.89 bits per heavy atom. The fourth-order valence-electron chi connectivity index (χ4n) is 2.08. The molecule has 2 atom stereocenters. The molecule has 0 bridgehead atoms. The number of epoxide rings is 1. The van der Waals surface area contributed by atoms with E-state index >= 15 is 0 Å². The first-order valence-corrected chi connectivity index (χ1v) is 10.7. The summed E-state index contributed by atoms with van der Waals surface area (Å²) in [7, 11) is 0.645. The van der Waals surface area contributed by atoms with E-state index < -0.39 is 13.7 Å². The van der Waals surface area contributed by atoms with Gasteiger partial charge in [0.05, 0.1) is 19.9 Å². The number of rotatable bonds is 5. The van der Waals surface area contributed by atoms with Crippen LogP contribution < -0.4 is 0 Å². The molecule has 1 rings (SSSR count). The van der Waals surface area contributed by atoms with Gasteiger partial charge < -0.3 is 14.4 Å². The molecule has 0 radical (unpaired) electrons. The number of hydrogen-bond donors (Lipinski definition) is 0. The molecule has 0 spiro atoms. The lowest BCUT2D eigenvalue weighted by molar-refractivity contribution is 0.0295. The van der Waals surface area contributed by atoms with Crippen molar-refractivity contribution in [3.05, 3.63) is 0 Å². The normalized spacial score (nSPS) is 23.1. The molecule has 1 saturated heterocycles. The van der Waals surface area contributed by atoms with Crippen LogP contribution in [0.25, 0.3) is 0 Å². The van der Waals surface area contributed by atoms with Gasteiger partial charge in [0.15, 0.2) is 0 Å². The first-order chi connectivity index (χ1) is 8.50. The molecule has 5 heteroatoms. The van der Waals surface area contributed by atoms with Crippen molar-refractivity contribution in [3.8, 4) is 0 Å². The lowest BCUT2D eigenvalue weighted by atomic mass is 10.2. The minimum atomic E-state index is -1.14. The van der Waals surface area contributed by atoms with Gasteiger partial charge >= 0.3 is 6.09 Å². The summed E-state index contributed by atoms with van der Waals surface area (Å²) in [4.78, 5) is 13.4. The van der Waals surface area contributed by atoms with Crippen LogP contribution in [0, 0.1) is 0 Å². The van der Waals surface area contributed by atoms with Gasteiger partial charge in [-0.1, -0.05) is 19.6 Å². The van der Waals surface area contributed by atoms with Crippen molar-refractivity contribution in [1.82, 2.24) is 4.90 Å². The summed E-state index contributed by atoms with van der Waals surface area (Å²) < 4.78 is 11.0. The van der Waals surface area contributed by atoms with E-state index in [9.17, 15) is 4.79 Å². The number of carbonyl (C=O) groups is 1. The Kier molecular flexibility index (Phi) is 5.06. The van der Waals surface area contributed by atoms with Crippen LogP contribution in [0.3, 0.4) is 0 Å². The summed E-state index contributed by atoms with van der Waals surface area (Å²) in [6.07, 6.45) is 2.20. The fraction of sp³-hybridized carbons (Fsp3) is 0.929. The third-order valence-electron chi connectivity index (χ3n) is 3.12. The number of carbonyl (C=O) groups excluding carboxylic acids is 1. The molecule has 1 fully saturated rings. The number of nitrogens with zero attached hydrogens (tertiary/aromatic N) is 1. The van der Waals surface area contributed by atoms with Crippen LogP contribution >= 0.6 is 0 Å². The molecule has 0 aromatic carbocycles. The van der Waals surface area contributed by atoms with E-state index in [1.807, 2.05) is 20.8 Å². The lowest BCUT2D eigenvalue weighted by Gasteiger charge is -2.24. The third kappa shape index (κ3) is 5.95. The van der Waals surface area contributed by atoms with Crippen molar-refractivity contribution in [1.29, 1.82) is 0 Å². The summed E-state index contributed by atoms with van der Waals surface area (Å²) in [6.45, 7) is 13.4. The van der Waals surface area contributed by atoms with E-state index in [4.69, 9.17) is 9.47 Å². The molecule has 112 valence electrons. The maximum Gasteiger partial charge on any atom is 0.410 e. The quantitative estimate of drug-likeness (QED) is 0.575. The number of amides is 1. The van der Waals surface area contributed by atoms with Crippen LogP contribution in [0.1, 0.15) is 33.6 Å². The molecule has 1 heterocycles. The Labute approximate surface area is 118 Å². The van der Waals surface area contributed by atoms with Crippen molar-refractivity contribution in [3.63, 3.8) is 0 Å². The molecule has 1 aliphatic rings. The van der Waals surface area contributed by atoms with Crippen molar-refractivity contribution in [2.75, 3.05) is 13.6 Å². The predicted molar refractivity (Wildman–Crippen MR) is 80.1 cm³/mol. The topological polar surface area (TPSA) is 42.1 Å². The minimum Gasteiger partial charge on any atom is -0.444 e. The Morgan fingerprint density at radius 1 is 1.32 bits per heavy atom. The highest BCUT2D eigenvalue weighted by Crippen LogP contribution is 2.34. The SMILES string of the molecule is CN(CCCC1OC1[Si](C)(C)C)C(=O)OC(C)(C)C. The van der Waals surface area contributed by atoms with Gasteiger partial charge in [-0.25, -0.2) is 4.79 Å².